The van der Waals surface area contributed by atoms with Crippen LogP contribution in [0.5, 0.6) is 0 Å². The molecule has 1 N–H and O–H groups in total. The molecule has 0 aliphatic heterocycles. The molecule has 0 aromatic heterocycles. The summed E-state index contributed by atoms with van der Waals surface area (Å²) in [4.78, 5) is 13.9. The fourth-order valence-corrected chi connectivity index (χ4v) is 2.62. The van der Waals surface area contributed by atoms with E-state index in [0.717, 1.165) is 19.1 Å². The average molecular weight is 254 g/mol. The van der Waals surface area contributed by atoms with Gasteiger partial charge in [0.15, 0.2) is 0 Å². The van der Waals surface area contributed by atoms with Gasteiger partial charge in [-0.05, 0) is 19.9 Å². The SMILES string of the molecule is CC(C)C(=O)NCCN(C)C1CCCCCCC1. The van der Waals surface area contributed by atoms with Gasteiger partial charge >= 0.3 is 0 Å². The lowest BCUT2D eigenvalue weighted by atomic mass is 9.96. The van der Waals surface area contributed by atoms with Crippen LogP contribution in [0, 0.1) is 5.92 Å². The highest BCUT2D eigenvalue weighted by molar-refractivity contribution is 5.77. The zero-order valence-electron chi connectivity index (χ0n) is 12.4. The van der Waals surface area contributed by atoms with Crippen LogP contribution >= 0.6 is 0 Å². The zero-order chi connectivity index (χ0) is 13.4. The standard InChI is InChI=1S/C15H30N2O/c1-13(2)15(18)16-11-12-17(3)14-9-7-5-4-6-8-10-14/h13-14H,4-12H2,1-3H3,(H,16,18). The van der Waals surface area contributed by atoms with Crippen molar-refractivity contribution in [3.8, 4) is 0 Å². The summed E-state index contributed by atoms with van der Waals surface area (Å²) in [5.41, 5.74) is 0. The first kappa shape index (κ1) is 15.5. The molecule has 0 radical (unpaired) electrons. The topological polar surface area (TPSA) is 32.3 Å². The van der Waals surface area contributed by atoms with Crippen LogP contribution in [0.2, 0.25) is 0 Å². The normalized spacial score (nSPS) is 18.7. The smallest absolute Gasteiger partial charge is 0.222 e. The molecule has 1 aliphatic rings. The summed E-state index contributed by atoms with van der Waals surface area (Å²) in [6.07, 6.45) is 9.60. The van der Waals surface area contributed by atoms with Crippen LogP contribution in [0.4, 0.5) is 0 Å². The van der Waals surface area contributed by atoms with Crippen LogP contribution in [0.15, 0.2) is 0 Å². The predicted molar refractivity (Wildman–Crippen MR) is 76.6 cm³/mol. The van der Waals surface area contributed by atoms with Crippen LogP contribution in [0.1, 0.15) is 58.8 Å². The zero-order valence-corrected chi connectivity index (χ0v) is 12.4. The molecule has 3 heteroatoms. The number of likely N-dealkylation sites (N-methyl/N-ethyl adjacent to an activating group) is 1. The largest absolute Gasteiger partial charge is 0.355 e. The van der Waals surface area contributed by atoms with Gasteiger partial charge in [-0.2, -0.15) is 0 Å². The fourth-order valence-electron chi connectivity index (χ4n) is 2.62. The maximum atomic E-state index is 11.5. The second kappa shape index (κ2) is 8.52. The fraction of sp³-hybridized carbons (Fsp3) is 0.933. The minimum absolute atomic E-state index is 0.0942. The minimum atomic E-state index is 0.0942. The van der Waals surface area contributed by atoms with Crippen molar-refractivity contribution in [3.63, 3.8) is 0 Å². The molecule has 0 atom stereocenters. The van der Waals surface area contributed by atoms with Crippen LogP contribution in [0.25, 0.3) is 0 Å². The van der Waals surface area contributed by atoms with E-state index in [4.69, 9.17) is 0 Å². The van der Waals surface area contributed by atoms with E-state index in [1.54, 1.807) is 0 Å². The van der Waals surface area contributed by atoms with E-state index in [-0.39, 0.29) is 11.8 Å². The summed E-state index contributed by atoms with van der Waals surface area (Å²) in [6, 6.07) is 0.723. The van der Waals surface area contributed by atoms with Crippen molar-refractivity contribution in [2.75, 3.05) is 20.1 Å². The third-order valence-corrected chi connectivity index (χ3v) is 3.99. The van der Waals surface area contributed by atoms with Crippen LogP contribution in [0.3, 0.4) is 0 Å². The molecule has 106 valence electrons. The van der Waals surface area contributed by atoms with E-state index in [0.29, 0.717) is 0 Å². The Bertz CT molecular complexity index is 233. The van der Waals surface area contributed by atoms with Crippen molar-refractivity contribution in [1.29, 1.82) is 0 Å². The molecule has 0 heterocycles. The summed E-state index contributed by atoms with van der Waals surface area (Å²) in [6.45, 7) is 5.63. The quantitative estimate of drug-likeness (QED) is 0.818. The first-order chi connectivity index (χ1) is 8.61. The van der Waals surface area contributed by atoms with Gasteiger partial charge < -0.3 is 10.2 Å². The molecular formula is C15H30N2O. The number of carbonyl (C=O) groups is 1. The molecule has 0 aromatic rings. The van der Waals surface area contributed by atoms with Gasteiger partial charge in [-0.25, -0.2) is 0 Å². The van der Waals surface area contributed by atoms with E-state index >= 15 is 0 Å². The number of amides is 1. The van der Waals surface area contributed by atoms with E-state index in [1.165, 1.54) is 44.9 Å². The van der Waals surface area contributed by atoms with Crippen LogP contribution in [-0.2, 0) is 4.79 Å². The Hall–Kier alpha value is -0.570. The van der Waals surface area contributed by atoms with Crippen LogP contribution < -0.4 is 5.32 Å². The Morgan fingerprint density at radius 2 is 1.72 bits per heavy atom. The number of nitrogens with one attached hydrogen (secondary N) is 1. The maximum absolute atomic E-state index is 11.5. The Morgan fingerprint density at radius 3 is 2.28 bits per heavy atom. The van der Waals surface area contributed by atoms with Gasteiger partial charge in [0.1, 0.15) is 0 Å². The predicted octanol–water partition coefficient (Wildman–Crippen LogP) is 2.80. The number of hydrogen-bond donors (Lipinski definition) is 1. The maximum Gasteiger partial charge on any atom is 0.222 e. The summed E-state index contributed by atoms with van der Waals surface area (Å²) >= 11 is 0. The highest BCUT2D eigenvalue weighted by Crippen LogP contribution is 2.20. The third kappa shape index (κ3) is 5.85. The highest BCUT2D eigenvalue weighted by Gasteiger charge is 2.16. The summed E-state index contributed by atoms with van der Waals surface area (Å²) in [7, 11) is 2.20. The lowest BCUT2D eigenvalue weighted by molar-refractivity contribution is -0.124. The molecule has 18 heavy (non-hydrogen) atoms. The Labute approximate surface area is 112 Å². The van der Waals surface area contributed by atoms with Crippen molar-refractivity contribution in [2.24, 2.45) is 5.92 Å². The molecule has 1 amide bonds. The van der Waals surface area contributed by atoms with E-state index < -0.39 is 0 Å². The summed E-state index contributed by atoms with van der Waals surface area (Å²) in [5, 5.41) is 3.00. The Balaban J connectivity index is 2.21. The monoisotopic (exact) mass is 254 g/mol. The van der Waals surface area contributed by atoms with Crippen molar-refractivity contribution < 1.29 is 4.79 Å². The first-order valence-electron chi connectivity index (χ1n) is 7.59. The number of rotatable bonds is 5. The molecule has 0 unspecified atom stereocenters. The van der Waals surface area contributed by atoms with Gasteiger partial charge in [-0.3, -0.25) is 4.79 Å². The van der Waals surface area contributed by atoms with Crippen LogP contribution in [-0.4, -0.2) is 37.0 Å². The van der Waals surface area contributed by atoms with Gasteiger partial charge in [0.25, 0.3) is 0 Å². The van der Waals surface area contributed by atoms with E-state index in [9.17, 15) is 4.79 Å². The van der Waals surface area contributed by atoms with Gasteiger partial charge in [-0.15, -0.1) is 0 Å². The molecular weight excluding hydrogens is 224 g/mol. The Kier molecular flexibility index (Phi) is 7.33. The van der Waals surface area contributed by atoms with E-state index in [2.05, 4.69) is 17.3 Å². The van der Waals surface area contributed by atoms with Gasteiger partial charge in [0.2, 0.25) is 5.91 Å². The van der Waals surface area contributed by atoms with Crippen molar-refractivity contribution in [1.82, 2.24) is 10.2 Å². The minimum Gasteiger partial charge on any atom is -0.355 e. The molecule has 0 aromatic carbocycles. The first-order valence-corrected chi connectivity index (χ1v) is 7.59. The average Bonchev–Trinajstić information content (AvgIpc) is 2.27. The number of hydrogen-bond acceptors (Lipinski definition) is 2. The third-order valence-electron chi connectivity index (χ3n) is 3.99. The molecule has 3 nitrogen and oxygen atoms in total. The van der Waals surface area contributed by atoms with Gasteiger partial charge in [-0.1, -0.05) is 46.0 Å². The summed E-state index contributed by atoms with van der Waals surface area (Å²) in [5.74, 6) is 0.262. The lowest BCUT2D eigenvalue weighted by Gasteiger charge is -2.29. The van der Waals surface area contributed by atoms with Crippen molar-refractivity contribution in [2.45, 2.75) is 64.8 Å². The molecule has 1 rings (SSSR count). The second-order valence-electron chi connectivity index (χ2n) is 5.93. The molecule has 1 aliphatic carbocycles. The highest BCUT2D eigenvalue weighted by atomic mass is 16.1. The molecule has 0 spiro atoms. The molecule has 0 bridgehead atoms. The van der Waals surface area contributed by atoms with Crippen molar-refractivity contribution in [3.05, 3.63) is 0 Å². The van der Waals surface area contributed by atoms with Gasteiger partial charge in [0.05, 0.1) is 0 Å². The second-order valence-corrected chi connectivity index (χ2v) is 5.93. The van der Waals surface area contributed by atoms with Crippen molar-refractivity contribution >= 4 is 5.91 Å². The molecule has 1 fully saturated rings. The Morgan fingerprint density at radius 1 is 1.17 bits per heavy atom. The van der Waals surface area contributed by atoms with E-state index in [1.807, 2.05) is 13.8 Å². The number of carbonyl (C=O) groups excluding carboxylic acids is 1. The lowest BCUT2D eigenvalue weighted by Crippen LogP contribution is -2.39. The molecule has 0 saturated heterocycles. The van der Waals surface area contributed by atoms with Gasteiger partial charge in [0, 0.05) is 25.0 Å². The molecule has 1 saturated carbocycles. The number of nitrogens with zero attached hydrogens (tertiary/aromatic N) is 1. The summed E-state index contributed by atoms with van der Waals surface area (Å²) < 4.78 is 0.